The Morgan fingerprint density at radius 2 is 2.20 bits per heavy atom. The van der Waals surface area contributed by atoms with Crippen molar-refractivity contribution in [3.8, 4) is 5.75 Å². The number of nitrogens with one attached hydrogen (secondary N) is 1. The van der Waals surface area contributed by atoms with Crippen LogP contribution in [0.5, 0.6) is 5.75 Å². The fraction of sp³-hybridized carbons (Fsp3) is 0.529. The number of unbranched alkanes of at least 4 members (excludes halogenated alkanes) is 1. The predicted molar refractivity (Wildman–Crippen MR) is 81.3 cm³/mol. The second kappa shape index (κ2) is 6.31. The van der Waals surface area contributed by atoms with Crippen LogP contribution < -0.4 is 10.1 Å². The Morgan fingerprint density at radius 3 is 3.00 bits per heavy atom. The lowest BCUT2D eigenvalue weighted by molar-refractivity contribution is 0.410. The van der Waals surface area contributed by atoms with E-state index in [0.29, 0.717) is 0 Å². The van der Waals surface area contributed by atoms with Crippen LogP contribution >= 0.6 is 0 Å². The number of methoxy groups -OCH3 is 1. The number of aryl methyl sites for hydroxylation is 1. The van der Waals surface area contributed by atoms with Crippen LogP contribution in [0.1, 0.15) is 31.2 Å². The van der Waals surface area contributed by atoms with E-state index in [1.165, 1.54) is 43.2 Å². The minimum Gasteiger partial charge on any atom is -0.493 e. The van der Waals surface area contributed by atoms with Crippen LogP contribution in [0.4, 0.5) is 0 Å². The Labute approximate surface area is 120 Å². The van der Waals surface area contributed by atoms with Crippen molar-refractivity contribution in [2.24, 2.45) is 5.92 Å². The summed E-state index contributed by atoms with van der Waals surface area (Å²) < 4.78 is 11.0. The summed E-state index contributed by atoms with van der Waals surface area (Å²) >= 11 is 0. The van der Waals surface area contributed by atoms with Crippen molar-refractivity contribution in [1.82, 2.24) is 5.32 Å². The van der Waals surface area contributed by atoms with Gasteiger partial charge in [0.2, 0.25) is 0 Å². The molecule has 1 aromatic carbocycles. The van der Waals surface area contributed by atoms with E-state index >= 15 is 0 Å². The first kappa shape index (κ1) is 13.5. The van der Waals surface area contributed by atoms with Crippen LogP contribution in [-0.4, -0.2) is 20.2 Å². The quantitative estimate of drug-likeness (QED) is 0.744. The second-order valence-electron chi connectivity index (χ2n) is 5.70. The highest BCUT2D eigenvalue weighted by molar-refractivity contribution is 5.86. The molecule has 1 aromatic heterocycles. The first-order chi connectivity index (χ1) is 9.88. The monoisotopic (exact) mass is 273 g/mol. The van der Waals surface area contributed by atoms with Gasteiger partial charge in [-0.25, -0.2) is 0 Å². The highest BCUT2D eigenvalue weighted by Gasteiger charge is 2.19. The Hall–Kier alpha value is -1.48. The molecule has 3 nitrogen and oxygen atoms in total. The van der Waals surface area contributed by atoms with Gasteiger partial charge in [-0.1, -0.05) is 12.1 Å². The zero-order valence-electron chi connectivity index (χ0n) is 12.2. The van der Waals surface area contributed by atoms with E-state index in [9.17, 15) is 0 Å². The highest BCUT2D eigenvalue weighted by Crippen LogP contribution is 2.30. The van der Waals surface area contributed by atoms with E-state index in [-0.39, 0.29) is 0 Å². The summed E-state index contributed by atoms with van der Waals surface area (Å²) in [6.07, 6.45) is 8.23. The van der Waals surface area contributed by atoms with E-state index in [1.54, 1.807) is 7.11 Å². The van der Waals surface area contributed by atoms with Gasteiger partial charge in [0, 0.05) is 5.39 Å². The smallest absolute Gasteiger partial charge is 0.175 e. The molecule has 0 atom stereocenters. The standard InChI is InChI=1S/C17H23NO2/c1-19-16-7-4-6-15-14(12-20-17(15)16)5-2-3-10-18-11-13-8-9-13/h4,6-7,12-13,18H,2-3,5,8-11H2,1H3. The molecule has 0 unspecified atom stereocenters. The third-order valence-electron chi connectivity index (χ3n) is 4.04. The lowest BCUT2D eigenvalue weighted by Gasteiger charge is -2.03. The SMILES string of the molecule is COc1cccc2c(CCCCNCC3CC3)coc12. The summed E-state index contributed by atoms with van der Waals surface area (Å²) in [5.41, 5.74) is 2.16. The number of furan rings is 1. The maximum Gasteiger partial charge on any atom is 0.175 e. The molecule has 0 radical (unpaired) electrons. The van der Waals surface area contributed by atoms with Crippen LogP contribution in [-0.2, 0) is 6.42 Å². The molecule has 3 rings (SSSR count). The molecule has 1 heterocycles. The molecular formula is C17H23NO2. The molecule has 0 saturated heterocycles. The summed E-state index contributed by atoms with van der Waals surface area (Å²) in [7, 11) is 1.68. The Bertz CT molecular complexity index is 557. The molecule has 1 fully saturated rings. The van der Waals surface area contributed by atoms with E-state index in [0.717, 1.165) is 30.2 Å². The fourth-order valence-corrected chi connectivity index (χ4v) is 2.63. The first-order valence-corrected chi connectivity index (χ1v) is 7.62. The van der Waals surface area contributed by atoms with Crippen molar-refractivity contribution in [3.05, 3.63) is 30.0 Å². The molecule has 0 spiro atoms. The Kier molecular flexibility index (Phi) is 4.26. The molecule has 108 valence electrons. The van der Waals surface area contributed by atoms with Gasteiger partial charge < -0.3 is 14.5 Å². The topological polar surface area (TPSA) is 34.4 Å². The van der Waals surface area contributed by atoms with Crippen molar-refractivity contribution in [2.75, 3.05) is 20.2 Å². The van der Waals surface area contributed by atoms with Gasteiger partial charge in [0.25, 0.3) is 0 Å². The molecule has 0 bridgehead atoms. The maximum atomic E-state index is 5.65. The molecule has 1 N–H and O–H groups in total. The molecule has 3 heteroatoms. The summed E-state index contributed by atoms with van der Waals surface area (Å²) in [4.78, 5) is 0. The van der Waals surface area contributed by atoms with Gasteiger partial charge >= 0.3 is 0 Å². The summed E-state index contributed by atoms with van der Waals surface area (Å²) in [6, 6.07) is 6.08. The maximum absolute atomic E-state index is 5.65. The minimum atomic E-state index is 0.819. The minimum absolute atomic E-state index is 0.819. The van der Waals surface area contributed by atoms with Crippen molar-refractivity contribution < 1.29 is 9.15 Å². The Balaban J connectivity index is 1.49. The van der Waals surface area contributed by atoms with E-state index < -0.39 is 0 Å². The van der Waals surface area contributed by atoms with Gasteiger partial charge in [0.1, 0.15) is 0 Å². The lowest BCUT2D eigenvalue weighted by atomic mass is 10.1. The fourth-order valence-electron chi connectivity index (χ4n) is 2.63. The number of ether oxygens (including phenoxy) is 1. The number of hydrogen-bond donors (Lipinski definition) is 1. The third-order valence-corrected chi connectivity index (χ3v) is 4.04. The van der Waals surface area contributed by atoms with Gasteiger partial charge in [-0.05, 0) is 62.7 Å². The molecule has 2 aromatic rings. The van der Waals surface area contributed by atoms with Crippen LogP contribution in [0.2, 0.25) is 0 Å². The van der Waals surface area contributed by atoms with Gasteiger partial charge in [-0.3, -0.25) is 0 Å². The number of para-hydroxylation sites is 1. The zero-order chi connectivity index (χ0) is 13.8. The average Bonchev–Trinajstić information content (AvgIpc) is 3.21. The zero-order valence-corrected chi connectivity index (χ0v) is 12.2. The summed E-state index contributed by atoms with van der Waals surface area (Å²) in [6.45, 7) is 2.35. The molecule has 1 aliphatic rings. The van der Waals surface area contributed by atoms with Crippen LogP contribution in [0, 0.1) is 5.92 Å². The molecule has 0 amide bonds. The number of benzene rings is 1. The molecule has 20 heavy (non-hydrogen) atoms. The number of rotatable bonds is 8. The van der Waals surface area contributed by atoms with Gasteiger partial charge in [0.15, 0.2) is 11.3 Å². The number of hydrogen-bond acceptors (Lipinski definition) is 3. The molecular weight excluding hydrogens is 250 g/mol. The number of fused-ring (bicyclic) bond motifs is 1. The molecule has 0 aliphatic heterocycles. The first-order valence-electron chi connectivity index (χ1n) is 7.62. The van der Waals surface area contributed by atoms with Gasteiger partial charge in [0.05, 0.1) is 13.4 Å². The van der Waals surface area contributed by atoms with E-state index in [1.807, 2.05) is 18.4 Å². The van der Waals surface area contributed by atoms with Crippen LogP contribution in [0.3, 0.4) is 0 Å². The normalized spacial score (nSPS) is 14.8. The van der Waals surface area contributed by atoms with E-state index in [2.05, 4.69) is 11.4 Å². The van der Waals surface area contributed by atoms with Crippen LogP contribution in [0.15, 0.2) is 28.9 Å². The molecule has 1 aliphatic carbocycles. The average molecular weight is 273 g/mol. The Morgan fingerprint density at radius 1 is 1.30 bits per heavy atom. The van der Waals surface area contributed by atoms with Crippen molar-refractivity contribution in [3.63, 3.8) is 0 Å². The second-order valence-corrected chi connectivity index (χ2v) is 5.70. The van der Waals surface area contributed by atoms with Gasteiger partial charge in [-0.2, -0.15) is 0 Å². The summed E-state index contributed by atoms with van der Waals surface area (Å²) in [5, 5.41) is 4.73. The van der Waals surface area contributed by atoms with Crippen molar-refractivity contribution in [1.29, 1.82) is 0 Å². The molecule has 1 saturated carbocycles. The summed E-state index contributed by atoms with van der Waals surface area (Å²) in [5.74, 6) is 1.79. The third kappa shape index (κ3) is 3.15. The highest BCUT2D eigenvalue weighted by atomic mass is 16.5. The lowest BCUT2D eigenvalue weighted by Crippen LogP contribution is -2.18. The van der Waals surface area contributed by atoms with Crippen molar-refractivity contribution in [2.45, 2.75) is 32.1 Å². The van der Waals surface area contributed by atoms with Crippen molar-refractivity contribution >= 4 is 11.0 Å². The van der Waals surface area contributed by atoms with Gasteiger partial charge in [-0.15, -0.1) is 0 Å². The largest absolute Gasteiger partial charge is 0.493 e. The van der Waals surface area contributed by atoms with E-state index in [4.69, 9.17) is 9.15 Å². The van der Waals surface area contributed by atoms with Crippen LogP contribution in [0.25, 0.3) is 11.0 Å². The predicted octanol–water partition coefficient (Wildman–Crippen LogP) is 3.76.